The highest BCUT2D eigenvalue weighted by Crippen LogP contribution is 2.31. The van der Waals surface area contributed by atoms with Gasteiger partial charge in [0, 0.05) is 6.54 Å². The Labute approximate surface area is 232 Å². The molecule has 0 aromatic heterocycles. The third-order valence-electron chi connectivity index (χ3n) is 6.30. The van der Waals surface area contributed by atoms with Crippen LogP contribution in [-0.2, 0) is 35.0 Å². The minimum absolute atomic E-state index is 0.0978. The van der Waals surface area contributed by atoms with Crippen molar-refractivity contribution in [2.24, 2.45) is 11.8 Å². The van der Waals surface area contributed by atoms with Crippen molar-refractivity contribution < 1.29 is 42.9 Å². The molecule has 0 saturated heterocycles. The number of unbranched alkanes of at least 4 members (excludes halogenated alkanes) is 2. The van der Waals surface area contributed by atoms with Crippen LogP contribution in [0.5, 0.6) is 11.5 Å². The molecule has 0 fully saturated rings. The zero-order valence-electron chi connectivity index (χ0n) is 24.4. The molecule has 1 N–H and O–H groups in total. The molecule has 0 saturated carbocycles. The van der Waals surface area contributed by atoms with E-state index in [0.717, 1.165) is 19.3 Å². The van der Waals surface area contributed by atoms with Gasteiger partial charge in [0.2, 0.25) is 0 Å². The van der Waals surface area contributed by atoms with Crippen LogP contribution >= 0.6 is 0 Å². The number of hydrogen-bond donors (Lipinski definition) is 1. The minimum atomic E-state index is -0.784. The SMILES string of the molecule is CCCCCOC(=O)OC(C)CN[C@@H](Cc1ccc(OC(=O)C(C)CC)c(OC(=O)C(C)CC)c1)C(=O)OC. The lowest BCUT2D eigenvalue weighted by atomic mass is 10.0. The van der Waals surface area contributed by atoms with Gasteiger partial charge in [0.1, 0.15) is 12.1 Å². The molecule has 0 bridgehead atoms. The maximum atomic E-state index is 12.5. The van der Waals surface area contributed by atoms with Gasteiger partial charge in [-0.15, -0.1) is 0 Å². The van der Waals surface area contributed by atoms with Gasteiger partial charge in [-0.25, -0.2) is 4.79 Å². The highest BCUT2D eigenvalue weighted by Gasteiger charge is 2.24. The molecule has 0 spiro atoms. The van der Waals surface area contributed by atoms with E-state index in [2.05, 4.69) is 12.2 Å². The number of carbonyl (C=O) groups is 4. The van der Waals surface area contributed by atoms with E-state index in [0.29, 0.717) is 25.0 Å². The van der Waals surface area contributed by atoms with Gasteiger partial charge in [-0.05, 0) is 50.3 Å². The highest BCUT2D eigenvalue weighted by molar-refractivity contribution is 5.79. The fraction of sp³-hybridized carbons (Fsp3) is 0.655. The molecular weight excluding hydrogens is 506 g/mol. The lowest BCUT2D eigenvalue weighted by Crippen LogP contribution is -2.43. The summed E-state index contributed by atoms with van der Waals surface area (Å²) in [4.78, 5) is 49.3. The first-order valence-electron chi connectivity index (χ1n) is 13.8. The van der Waals surface area contributed by atoms with E-state index in [9.17, 15) is 19.2 Å². The Hall–Kier alpha value is -3.14. The second-order valence-electron chi connectivity index (χ2n) is 9.66. The molecule has 0 radical (unpaired) electrons. The first-order chi connectivity index (χ1) is 18.6. The van der Waals surface area contributed by atoms with Gasteiger partial charge in [0.25, 0.3) is 0 Å². The van der Waals surface area contributed by atoms with E-state index < -0.39 is 36.2 Å². The summed E-state index contributed by atoms with van der Waals surface area (Å²) in [6.45, 7) is 11.5. The van der Waals surface area contributed by atoms with E-state index in [1.54, 1.807) is 39.0 Å². The van der Waals surface area contributed by atoms with Crippen LogP contribution < -0.4 is 14.8 Å². The van der Waals surface area contributed by atoms with Crippen molar-refractivity contribution in [3.63, 3.8) is 0 Å². The van der Waals surface area contributed by atoms with Crippen molar-refractivity contribution in [3.8, 4) is 11.5 Å². The molecule has 4 atom stereocenters. The molecule has 0 amide bonds. The molecule has 3 unspecified atom stereocenters. The van der Waals surface area contributed by atoms with Crippen molar-refractivity contribution in [1.29, 1.82) is 0 Å². The third-order valence-corrected chi connectivity index (χ3v) is 6.30. The standard InChI is InChI=1S/C29H45NO9/c1-8-11-12-15-36-29(34)37-21(6)18-30-23(28(33)35-7)16-22-13-14-24(38-26(31)19(4)9-2)25(17-22)39-27(32)20(5)10-3/h13-14,17,19-21,23,30H,8-12,15-16,18H2,1-7H3/t19?,20?,21?,23-/m0/s1. The molecule has 0 aliphatic carbocycles. The quantitative estimate of drug-likeness (QED) is 0.161. The number of hydrogen-bond acceptors (Lipinski definition) is 10. The van der Waals surface area contributed by atoms with Gasteiger partial charge in [0.05, 0.1) is 25.6 Å². The van der Waals surface area contributed by atoms with Crippen molar-refractivity contribution >= 4 is 24.1 Å². The van der Waals surface area contributed by atoms with E-state index in [4.69, 9.17) is 23.7 Å². The van der Waals surface area contributed by atoms with Gasteiger partial charge in [-0.3, -0.25) is 14.4 Å². The normalized spacial score (nSPS) is 13.9. The van der Waals surface area contributed by atoms with Crippen LogP contribution in [0.2, 0.25) is 0 Å². The van der Waals surface area contributed by atoms with Gasteiger partial charge >= 0.3 is 24.1 Å². The number of nitrogens with one attached hydrogen (secondary N) is 1. The summed E-state index contributed by atoms with van der Waals surface area (Å²) in [6.07, 6.45) is 2.79. The summed E-state index contributed by atoms with van der Waals surface area (Å²) >= 11 is 0. The Morgan fingerprint density at radius 3 is 2.03 bits per heavy atom. The van der Waals surface area contributed by atoms with E-state index >= 15 is 0 Å². The second kappa shape index (κ2) is 18.2. The molecule has 0 aliphatic rings. The number of rotatable bonds is 17. The van der Waals surface area contributed by atoms with Crippen LogP contribution in [0, 0.1) is 11.8 Å². The topological polar surface area (TPSA) is 126 Å². The number of ether oxygens (including phenoxy) is 5. The van der Waals surface area contributed by atoms with Crippen molar-refractivity contribution in [2.75, 3.05) is 20.3 Å². The molecule has 1 rings (SSSR count). The number of carbonyl (C=O) groups excluding carboxylic acids is 4. The maximum absolute atomic E-state index is 12.5. The zero-order chi connectivity index (χ0) is 29.4. The van der Waals surface area contributed by atoms with E-state index in [-0.39, 0.29) is 36.3 Å². The van der Waals surface area contributed by atoms with Gasteiger partial charge < -0.3 is 29.0 Å². The van der Waals surface area contributed by atoms with Crippen LogP contribution in [0.15, 0.2) is 18.2 Å². The van der Waals surface area contributed by atoms with Crippen LogP contribution in [0.1, 0.15) is 79.2 Å². The van der Waals surface area contributed by atoms with Gasteiger partial charge in [0.15, 0.2) is 11.5 Å². The Balaban J connectivity index is 2.98. The maximum Gasteiger partial charge on any atom is 0.508 e. The van der Waals surface area contributed by atoms with Crippen LogP contribution in [0.3, 0.4) is 0 Å². The third kappa shape index (κ3) is 12.5. The minimum Gasteiger partial charge on any atom is -0.468 e. The molecule has 0 aliphatic heterocycles. The fourth-order valence-electron chi connectivity index (χ4n) is 3.27. The molecule has 0 heterocycles. The summed E-state index contributed by atoms with van der Waals surface area (Å²) < 4.78 is 26.3. The summed E-state index contributed by atoms with van der Waals surface area (Å²) in [7, 11) is 1.28. The van der Waals surface area contributed by atoms with E-state index in [1.165, 1.54) is 7.11 Å². The first kappa shape index (κ1) is 33.9. The highest BCUT2D eigenvalue weighted by atomic mass is 16.7. The summed E-state index contributed by atoms with van der Waals surface area (Å²) in [6, 6.07) is 4.02. The Kier molecular flexibility index (Phi) is 15.8. The largest absolute Gasteiger partial charge is 0.508 e. The predicted octanol–water partition coefficient (Wildman–Crippen LogP) is 5.00. The number of methoxy groups -OCH3 is 1. The smallest absolute Gasteiger partial charge is 0.468 e. The molecule has 39 heavy (non-hydrogen) atoms. The number of benzene rings is 1. The first-order valence-corrected chi connectivity index (χ1v) is 13.8. The van der Waals surface area contributed by atoms with Crippen molar-refractivity contribution in [1.82, 2.24) is 5.32 Å². The molecule has 1 aromatic rings. The Morgan fingerprint density at radius 1 is 0.846 bits per heavy atom. The number of esters is 3. The average molecular weight is 552 g/mol. The Bertz CT molecular complexity index is 933. The van der Waals surface area contributed by atoms with Crippen LogP contribution in [-0.4, -0.2) is 56.5 Å². The molecule has 220 valence electrons. The van der Waals surface area contributed by atoms with Crippen molar-refractivity contribution in [2.45, 2.75) is 92.2 Å². The summed E-state index contributed by atoms with van der Waals surface area (Å²) in [5.41, 5.74) is 0.636. The molecule has 10 nitrogen and oxygen atoms in total. The van der Waals surface area contributed by atoms with Gasteiger partial charge in [-0.2, -0.15) is 0 Å². The fourth-order valence-corrected chi connectivity index (χ4v) is 3.27. The van der Waals surface area contributed by atoms with E-state index in [1.807, 2.05) is 13.8 Å². The molecular formula is C29H45NO9. The monoisotopic (exact) mass is 551 g/mol. The average Bonchev–Trinajstić information content (AvgIpc) is 2.92. The zero-order valence-corrected chi connectivity index (χ0v) is 24.4. The van der Waals surface area contributed by atoms with Crippen molar-refractivity contribution in [3.05, 3.63) is 23.8 Å². The lowest BCUT2D eigenvalue weighted by molar-refractivity contribution is -0.143. The second-order valence-corrected chi connectivity index (χ2v) is 9.66. The lowest BCUT2D eigenvalue weighted by Gasteiger charge is -2.20. The predicted molar refractivity (Wildman–Crippen MR) is 146 cm³/mol. The molecule has 10 heteroatoms. The van der Waals surface area contributed by atoms with Gasteiger partial charge in [-0.1, -0.05) is 53.5 Å². The summed E-state index contributed by atoms with van der Waals surface area (Å²) in [5.74, 6) is -1.86. The summed E-state index contributed by atoms with van der Waals surface area (Å²) in [5, 5.41) is 3.06. The van der Waals surface area contributed by atoms with Crippen LogP contribution in [0.25, 0.3) is 0 Å². The Morgan fingerprint density at radius 2 is 1.46 bits per heavy atom. The van der Waals surface area contributed by atoms with Crippen LogP contribution in [0.4, 0.5) is 4.79 Å². The molecule has 1 aromatic carbocycles.